The molecular formula is C14H14N6O3. The highest BCUT2D eigenvalue weighted by molar-refractivity contribution is 6.01. The highest BCUT2D eigenvalue weighted by Gasteiger charge is 2.10. The molecule has 23 heavy (non-hydrogen) atoms. The number of nitrogens with one attached hydrogen (secondary N) is 3. The maximum Gasteiger partial charge on any atom is 0.412 e. The summed E-state index contributed by atoms with van der Waals surface area (Å²) in [4.78, 5) is 26.2. The largest absolute Gasteiger partial charge is 0.453 e. The lowest BCUT2D eigenvalue weighted by Crippen LogP contribution is -2.19. The number of carbonyl (C=O) groups is 2. The summed E-state index contributed by atoms with van der Waals surface area (Å²) in [7, 11) is 1.24. The summed E-state index contributed by atoms with van der Waals surface area (Å²) in [5, 5.41) is 13.6. The van der Waals surface area contributed by atoms with Crippen molar-refractivity contribution in [1.29, 1.82) is 0 Å². The summed E-state index contributed by atoms with van der Waals surface area (Å²) < 4.78 is 5.76. The normalized spacial score (nSPS) is 10.5. The SMILES string of the molecule is COC(=O)Nc1cn(CC(=O)Nc2c[nH]c3ccccc23)nn1. The van der Waals surface area contributed by atoms with Crippen molar-refractivity contribution in [2.24, 2.45) is 0 Å². The number of benzene rings is 1. The second kappa shape index (κ2) is 6.18. The molecule has 0 atom stereocenters. The highest BCUT2D eigenvalue weighted by atomic mass is 16.5. The standard InChI is InChI=1S/C14H14N6O3/c1-23-14(22)17-12-7-20(19-18-12)8-13(21)16-11-6-15-10-5-3-2-4-9(10)11/h2-7,15H,8H2,1H3,(H,16,21)(H,17,22). The number of H-pyrrole nitrogens is 1. The Morgan fingerprint density at radius 1 is 1.30 bits per heavy atom. The summed E-state index contributed by atoms with van der Waals surface area (Å²) >= 11 is 0. The Balaban J connectivity index is 1.64. The second-order valence-corrected chi connectivity index (χ2v) is 4.71. The van der Waals surface area contributed by atoms with Gasteiger partial charge >= 0.3 is 6.09 Å². The quantitative estimate of drug-likeness (QED) is 0.676. The van der Waals surface area contributed by atoms with Gasteiger partial charge in [-0.05, 0) is 6.07 Å². The molecule has 0 radical (unpaired) electrons. The van der Waals surface area contributed by atoms with Crippen LogP contribution in [0.2, 0.25) is 0 Å². The van der Waals surface area contributed by atoms with E-state index in [4.69, 9.17) is 0 Å². The molecule has 9 nitrogen and oxygen atoms in total. The van der Waals surface area contributed by atoms with E-state index in [1.54, 1.807) is 6.20 Å². The van der Waals surface area contributed by atoms with E-state index in [1.165, 1.54) is 18.0 Å². The van der Waals surface area contributed by atoms with Gasteiger partial charge in [0.2, 0.25) is 5.91 Å². The predicted molar refractivity (Wildman–Crippen MR) is 83.0 cm³/mol. The Morgan fingerprint density at radius 2 is 2.13 bits per heavy atom. The molecule has 0 fully saturated rings. The van der Waals surface area contributed by atoms with E-state index in [0.717, 1.165) is 10.9 Å². The van der Waals surface area contributed by atoms with Crippen LogP contribution in [0.1, 0.15) is 0 Å². The number of carbonyl (C=O) groups excluding carboxylic acids is 2. The summed E-state index contributed by atoms with van der Waals surface area (Å²) in [6.45, 7) is -0.0324. The first-order valence-corrected chi connectivity index (χ1v) is 6.77. The minimum atomic E-state index is -0.653. The molecule has 3 N–H and O–H groups in total. The average Bonchev–Trinajstić information content (AvgIpc) is 3.15. The summed E-state index contributed by atoms with van der Waals surface area (Å²) in [6, 6.07) is 7.64. The molecule has 0 saturated heterocycles. The molecule has 2 amide bonds. The smallest absolute Gasteiger partial charge is 0.412 e. The molecule has 118 valence electrons. The third-order valence-electron chi connectivity index (χ3n) is 3.12. The van der Waals surface area contributed by atoms with Gasteiger partial charge in [-0.3, -0.25) is 10.1 Å². The first kappa shape index (κ1) is 14.6. The van der Waals surface area contributed by atoms with Crippen LogP contribution in [0.15, 0.2) is 36.7 Å². The third-order valence-corrected chi connectivity index (χ3v) is 3.12. The number of ether oxygens (including phenoxy) is 1. The minimum absolute atomic E-state index is 0.0324. The average molecular weight is 314 g/mol. The van der Waals surface area contributed by atoms with Crippen molar-refractivity contribution in [2.45, 2.75) is 6.54 Å². The summed E-state index contributed by atoms with van der Waals surface area (Å²) in [5.41, 5.74) is 1.63. The van der Waals surface area contributed by atoms with Crippen molar-refractivity contribution in [3.63, 3.8) is 0 Å². The number of amides is 2. The van der Waals surface area contributed by atoms with E-state index in [1.807, 2.05) is 24.3 Å². The van der Waals surface area contributed by atoms with Crippen LogP contribution < -0.4 is 10.6 Å². The molecule has 2 aromatic heterocycles. The van der Waals surface area contributed by atoms with Gasteiger partial charge in [-0.2, -0.15) is 0 Å². The molecule has 9 heteroatoms. The molecule has 3 aromatic rings. The maximum absolute atomic E-state index is 12.1. The zero-order valence-electron chi connectivity index (χ0n) is 12.2. The fourth-order valence-electron chi connectivity index (χ4n) is 2.10. The second-order valence-electron chi connectivity index (χ2n) is 4.71. The number of fused-ring (bicyclic) bond motifs is 1. The van der Waals surface area contributed by atoms with Crippen molar-refractivity contribution in [2.75, 3.05) is 17.7 Å². The van der Waals surface area contributed by atoms with Gasteiger partial charge in [0.15, 0.2) is 5.82 Å². The lowest BCUT2D eigenvalue weighted by Gasteiger charge is -2.03. The number of methoxy groups -OCH3 is 1. The summed E-state index contributed by atoms with van der Waals surface area (Å²) in [5.74, 6) is -0.0546. The molecule has 0 unspecified atom stereocenters. The lowest BCUT2D eigenvalue weighted by atomic mass is 10.2. The topological polar surface area (TPSA) is 114 Å². The predicted octanol–water partition coefficient (Wildman–Crippen LogP) is 1.58. The number of aromatic nitrogens is 4. The van der Waals surface area contributed by atoms with Crippen molar-refractivity contribution < 1.29 is 14.3 Å². The Hall–Kier alpha value is -3.36. The van der Waals surface area contributed by atoms with Gasteiger partial charge in [-0.25, -0.2) is 9.48 Å². The number of hydrogen-bond donors (Lipinski definition) is 3. The van der Waals surface area contributed by atoms with Crippen molar-refractivity contribution in [3.05, 3.63) is 36.7 Å². The van der Waals surface area contributed by atoms with Gasteiger partial charge in [0, 0.05) is 17.1 Å². The maximum atomic E-state index is 12.1. The van der Waals surface area contributed by atoms with Crippen LogP contribution in [0.4, 0.5) is 16.3 Å². The molecule has 0 aliphatic heterocycles. The molecule has 3 rings (SSSR count). The number of nitrogens with zero attached hydrogens (tertiary/aromatic N) is 3. The van der Waals surface area contributed by atoms with Crippen LogP contribution >= 0.6 is 0 Å². The highest BCUT2D eigenvalue weighted by Crippen LogP contribution is 2.22. The van der Waals surface area contributed by atoms with E-state index < -0.39 is 6.09 Å². The number of anilines is 2. The van der Waals surface area contributed by atoms with Crippen LogP contribution in [-0.2, 0) is 16.1 Å². The minimum Gasteiger partial charge on any atom is -0.453 e. The fourth-order valence-corrected chi connectivity index (χ4v) is 2.10. The van der Waals surface area contributed by atoms with Gasteiger partial charge in [0.05, 0.1) is 19.0 Å². The molecule has 0 bridgehead atoms. The Kier molecular flexibility index (Phi) is 3.91. The molecule has 0 aliphatic carbocycles. The fraction of sp³-hybridized carbons (Fsp3) is 0.143. The van der Waals surface area contributed by atoms with E-state index in [0.29, 0.717) is 5.69 Å². The number of para-hydroxylation sites is 1. The first-order chi connectivity index (χ1) is 11.2. The van der Waals surface area contributed by atoms with Gasteiger partial charge in [-0.1, -0.05) is 23.4 Å². The molecular weight excluding hydrogens is 300 g/mol. The van der Waals surface area contributed by atoms with Crippen molar-refractivity contribution >= 4 is 34.4 Å². The van der Waals surface area contributed by atoms with Crippen LogP contribution in [0.3, 0.4) is 0 Å². The van der Waals surface area contributed by atoms with Gasteiger partial charge in [-0.15, -0.1) is 5.10 Å². The molecule has 0 aliphatic rings. The monoisotopic (exact) mass is 314 g/mol. The zero-order valence-corrected chi connectivity index (χ0v) is 12.2. The Labute approximate surface area is 130 Å². The number of rotatable bonds is 4. The van der Waals surface area contributed by atoms with Gasteiger partial charge in [0.1, 0.15) is 6.54 Å². The third kappa shape index (κ3) is 3.28. The van der Waals surface area contributed by atoms with Gasteiger partial charge < -0.3 is 15.0 Å². The van der Waals surface area contributed by atoms with Crippen molar-refractivity contribution in [1.82, 2.24) is 20.0 Å². The molecule has 2 heterocycles. The molecule has 0 spiro atoms. The van der Waals surface area contributed by atoms with E-state index in [-0.39, 0.29) is 18.3 Å². The number of hydrogen-bond acceptors (Lipinski definition) is 5. The van der Waals surface area contributed by atoms with E-state index in [9.17, 15) is 9.59 Å². The number of aromatic amines is 1. The lowest BCUT2D eigenvalue weighted by molar-refractivity contribution is -0.116. The molecule has 1 aromatic carbocycles. The first-order valence-electron chi connectivity index (χ1n) is 6.77. The van der Waals surface area contributed by atoms with Crippen LogP contribution in [0, 0.1) is 0 Å². The van der Waals surface area contributed by atoms with Crippen molar-refractivity contribution in [3.8, 4) is 0 Å². The Bertz CT molecular complexity index is 853. The Morgan fingerprint density at radius 3 is 2.96 bits per heavy atom. The van der Waals surface area contributed by atoms with Crippen LogP contribution in [0.25, 0.3) is 10.9 Å². The van der Waals surface area contributed by atoms with Gasteiger partial charge in [0.25, 0.3) is 0 Å². The van der Waals surface area contributed by atoms with Crippen LogP contribution in [-0.4, -0.2) is 39.1 Å². The zero-order chi connectivity index (χ0) is 16.2. The van der Waals surface area contributed by atoms with E-state index >= 15 is 0 Å². The molecule has 0 saturated carbocycles. The van der Waals surface area contributed by atoms with Crippen LogP contribution in [0.5, 0.6) is 0 Å². The van der Waals surface area contributed by atoms with E-state index in [2.05, 4.69) is 30.7 Å². The summed E-state index contributed by atoms with van der Waals surface area (Å²) in [6.07, 6.45) is 2.51.